The van der Waals surface area contributed by atoms with E-state index >= 15 is 0 Å². The number of hydrogen-bond donors (Lipinski definition) is 2. The lowest BCUT2D eigenvalue weighted by atomic mass is 10.0. The number of rotatable bonds is 7. The van der Waals surface area contributed by atoms with E-state index in [4.69, 9.17) is 0 Å². The summed E-state index contributed by atoms with van der Waals surface area (Å²) >= 11 is 1.16. The number of thioether (sulfide) groups is 1. The molecule has 0 heterocycles. The van der Waals surface area contributed by atoms with Gasteiger partial charge in [-0.2, -0.15) is 0 Å². The SMILES string of the molecule is CC(CC(O)c1ccccc1)NC(=O)CSc1ccccc1F. The number of hydrogen-bond acceptors (Lipinski definition) is 3. The highest BCUT2D eigenvalue weighted by Crippen LogP contribution is 2.21. The van der Waals surface area contributed by atoms with Crippen molar-refractivity contribution in [3.63, 3.8) is 0 Å². The van der Waals surface area contributed by atoms with E-state index in [-0.39, 0.29) is 23.5 Å². The van der Waals surface area contributed by atoms with Gasteiger partial charge in [-0.3, -0.25) is 4.79 Å². The molecule has 2 rings (SSSR count). The maximum Gasteiger partial charge on any atom is 0.230 e. The van der Waals surface area contributed by atoms with Gasteiger partial charge >= 0.3 is 0 Å². The summed E-state index contributed by atoms with van der Waals surface area (Å²) in [7, 11) is 0. The Morgan fingerprint density at radius 2 is 1.83 bits per heavy atom. The lowest BCUT2D eigenvalue weighted by molar-refractivity contribution is -0.119. The molecule has 1 amide bonds. The number of halogens is 1. The minimum absolute atomic E-state index is 0.146. The Morgan fingerprint density at radius 1 is 1.17 bits per heavy atom. The highest BCUT2D eigenvalue weighted by molar-refractivity contribution is 8.00. The van der Waals surface area contributed by atoms with E-state index < -0.39 is 6.10 Å². The maximum atomic E-state index is 13.5. The number of carbonyl (C=O) groups excluding carboxylic acids is 1. The number of nitrogens with one attached hydrogen (secondary N) is 1. The van der Waals surface area contributed by atoms with Gasteiger partial charge in [-0.15, -0.1) is 11.8 Å². The second-order valence-electron chi connectivity index (χ2n) is 5.35. The van der Waals surface area contributed by atoms with Crippen LogP contribution in [0.4, 0.5) is 4.39 Å². The first kappa shape index (κ1) is 17.5. The summed E-state index contributed by atoms with van der Waals surface area (Å²) in [6, 6.07) is 15.5. The molecule has 2 aromatic carbocycles. The van der Waals surface area contributed by atoms with Crippen LogP contribution in [0.1, 0.15) is 25.0 Å². The lowest BCUT2D eigenvalue weighted by Crippen LogP contribution is -2.35. The first-order valence-electron chi connectivity index (χ1n) is 7.46. The minimum Gasteiger partial charge on any atom is -0.388 e. The monoisotopic (exact) mass is 333 g/mol. The fourth-order valence-corrected chi connectivity index (χ4v) is 2.98. The van der Waals surface area contributed by atoms with Crippen LogP contribution >= 0.6 is 11.8 Å². The number of carbonyl (C=O) groups is 1. The molecule has 0 spiro atoms. The van der Waals surface area contributed by atoms with E-state index in [0.717, 1.165) is 17.3 Å². The van der Waals surface area contributed by atoms with Crippen LogP contribution in [0.5, 0.6) is 0 Å². The van der Waals surface area contributed by atoms with Crippen molar-refractivity contribution in [1.82, 2.24) is 5.32 Å². The van der Waals surface area contributed by atoms with Crippen LogP contribution in [0.25, 0.3) is 0 Å². The molecule has 5 heteroatoms. The van der Waals surface area contributed by atoms with Crippen LogP contribution in [-0.2, 0) is 4.79 Å². The summed E-state index contributed by atoms with van der Waals surface area (Å²) < 4.78 is 13.5. The molecule has 0 radical (unpaired) electrons. The highest BCUT2D eigenvalue weighted by Gasteiger charge is 2.14. The average Bonchev–Trinajstić information content (AvgIpc) is 2.54. The van der Waals surface area contributed by atoms with Crippen molar-refractivity contribution in [2.45, 2.75) is 30.4 Å². The quantitative estimate of drug-likeness (QED) is 0.762. The molecule has 122 valence electrons. The van der Waals surface area contributed by atoms with E-state index in [2.05, 4.69) is 5.32 Å². The molecule has 0 aliphatic rings. The number of benzene rings is 2. The topological polar surface area (TPSA) is 49.3 Å². The van der Waals surface area contributed by atoms with Crippen LogP contribution in [0.3, 0.4) is 0 Å². The summed E-state index contributed by atoms with van der Waals surface area (Å²) in [6.07, 6.45) is -0.189. The molecule has 2 unspecified atom stereocenters. The van der Waals surface area contributed by atoms with Crippen molar-refractivity contribution in [3.8, 4) is 0 Å². The third kappa shape index (κ3) is 5.69. The van der Waals surface area contributed by atoms with Crippen LogP contribution < -0.4 is 5.32 Å². The van der Waals surface area contributed by atoms with E-state index in [1.165, 1.54) is 6.07 Å². The van der Waals surface area contributed by atoms with Crippen molar-refractivity contribution in [2.24, 2.45) is 0 Å². The molecule has 2 atom stereocenters. The van der Waals surface area contributed by atoms with E-state index in [1.807, 2.05) is 37.3 Å². The molecule has 3 nitrogen and oxygen atoms in total. The molecule has 0 aromatic heterocycles. The fraction of sp³-hybridized carbons (Fsp3) is 0.278. The van der Waals surface area contributed by atoms with Gasteiger partial charge in [-0.05, 0) is 31.0 Å². The minimum atomic E-state index is -0.620. The summed E-state index contributed by atoms with van der Waals surface area (Å²) in [6.45, 7) is 1.85. The lowest BCUT2D eigenvalue weighted by Gasteiger charge is -2.18. The van der Waals surface area contributed by atoms with E-state index in [9.17, 15) is 14.3 Å². The molecule has 0 bridgehead atoms. The second kappa shape index (κ2) is 8.70. The molecule has 0 aliphatic heterocycles. The molecular formula is C18H20FNO2S. The van der Waals surface area contributed by atoms with Gasteiger partial charge in [0.2, 0.25) is 5.91 Å². The van der Waals surface area contributed by atoms with E-state index in [1.54, 1.807) is 18.2 Å². The molecule has 23 heavy (non-hydrogen) atoms. The number of amides is 1. The van der Waals surface area contributed by atoms with Crippen molar-refractivity contribution in [3.05, 3.63) is 66.0 Å². The Balaban J connectivity index is 1.77. The van der Waals surface area contributed by atoms with Gasteiger partial charge in [-0.25, -0.2) is 4.39 Å². The average molecular weight is 333 g/mol. The smallest absolute Gasteiger partial charge is 0.230 e. The third-order valence-electron chi connectivity index (χ3n) is 3.36. The predicted molar refractivity (Wildman–Crippen MR) is 90.7 cm³/mol. The fourth-order valence-electron chi connectivity index (χ4n) is 2.23. The largest absolute Gasteiger partial charge is 0.388 e. The summed E-state index contributed by atoms with van der Waals surface area (Å²) in [5.41, 5.74) is 0.828. The molecule has 2 N–H and O–H groups in total. The van der Waals surface area contributed by atoms with Crippen molar-refractivity contribution >= 4 is 17.7 Å². The molecule has 0 saturated heterocycles. The Kier molecular flexibility index (Phi) is 6.62. The second-order valence-corrected chi connectivity index (χ2v) is 6.37. The standard InChI is InChI=1S/C18H20FNO2S/c1-13(11-16(21)14-7-3-2-4-8-14)20-18(22)12-23-17-10-6-5-9-15(17)19/h2-10,13,16,21H,11-12H2,1H3,(H,20,22). The number of aliphatic hydroxyl groups excluding tert-OH is 1. The summed E-state index contributed by atoms with van der Waals surface area (Å²) in [5.74, 6) is -0.351. The first-order chi connectivity index (χ1) is 11.1. The molecule has 2 aromatic rings. The van der Waals surface area contributed by atoms with Gasteiger partial charge in [0.05, 0.1) is 11.9 Å². The summed E-state index contributed by atoms with van der Waals surface area (Å²) in [5, 5.41) is 13.0. The van der Waals surface area contributed by atoms with Gasteiger partial charge in [-0.1, -0.05) is 42.5 Å². The zero-order valence-electron chi connectivity index (χ0n) is 12.9. The Bertz CT molecular complexity index is 636. The van der Waals surface area contributed by atoms with Crippen molar-refractivity contribution in [2.75, 3.05) is 5.75 Å². The Labute approximate surface area is 139 Å². The van der Waals surface area contributed by atoms with E-state index in [0.29, 0.717) is 11.3 Å². The van der Waals surface area contributed by atoms with Gasteiger partial charge in [0.15, 0.2) is 0 Å². The normalized spacial score (nSPS) is 13.3. The van der Waals surface area contributed by atoms with Crippen LogP contribution in [0.2, 0.25) is 0 Å². The first-order valence-corrected chi connectivity index (χ1v) is 8.44. The molecule has 0 fully saturated rings. The zero-order chi connectivity index (χ0) is 16.7. The van der Waals surface area contributed by atoms with Crippen molar-refractivity contribution < 1.29 is 14.3 Å². The van der Waals surface area contributed by atoms with Crippen molar-refractivity contribution in [1.29, 1.82) is 0 Å². The number of aliphatic hydroxyl groups is 1. The third-order valence-corrected chi connectivity index (χ3v) is 4.41. The molecule has 0 saturated carbocycles. The summed E-state index contributed by atoms with van der Waals surface area (Å²) in [4.78, 5) is 12.4. The van der Waals surface area contributed by atoms with Gasteiger partial charge in [0, 0.05) is 10.9 Å². The predicted octanol–water partition coefficient (Wildman–Crippen LogP) is 3.55. The van der Waals surface area contributed by atoms with Gasteiger partial charge in [0.25, 0.3) is 0 Å². The molecular weight excluding hydrogens is 313 g/mol. The van der Waals surface area contributed by atoms with Gasteiger partial charge < -0.3 is 10.4 Å². The van der Waals surface area contributed by atoms with Crippen LogP contribution in [0, 0.1) is 5.82 Å². The van der Waals surface area contributed by atoms with Crippen LogP contribution in [-0.4, -0.2) is 22.8 Å². The Morgan fingerprint density at radius 3 is 2.52 bits per heavy atom. The van der Waals surface area contributed by atoms with Gasteiger partial charge in [0.1, 0.15) is 5.82 Å². The highest BCUT2D eigenvalue weighted by atomic mass is 32.2. The Hall–Kier alpha value is -1.85. The zero-order valence-corrected chi connectivity index (χ0v) is 13.7. The molecule has 0 aliphatic carbocycles. The maximum absolute atomic E-state index is 13.5. The van der Waals surface area contributed by atoms with Crippen LogP contribution in [0.15, 0.2) is 59.5 Å².